The van der Waals surface area contributed by atoms with Crippen LogP contribution in [-0.2, 0) is 10.0 Å². The van der Waals surface area contributed by atoms with Crippen LogP contribution in [-0.4, -0.2) is 31.9 Å². The quantitative estimate of drug-likeness (QED) is 0.923. The second-order valence-corrected chi connectivity index (χ2v) is 7.23. The molecule has 1 aliphatic rings. The van der Waals surface area contributed by atoms with Gasteiger partial charge in [0, 0.05) is 24.8 Å². The predicted octanol–water partition coefficient (Wildman–Crippen LogP) is 2.68. The minimum Gasteiger partial charge on any atom is -0.383 e. The molecule has 1 N–H and O–H groups in total. The van der Waals surface area contributed by atoms with Crippen LogP contribution in [0, 0.1) is 0 Å². The van der Waals surface area contributed by atoms with E-state index in [1.54, 1.807) is 16.4 Å². The second kappa shape index (κ2) is 5.92. The molecule has 0 aliphatic carbocycles. The zero-order chi connectivity index (χ0) is 13.9. The molecule has 0 amide bonds. The predicted molar refractivity (Wildman–Crippen MR) is 77.8 cm³/mol. The molecule has 1 fully saturated rings. The lowest BCUT2D eigenvalue weighted by Crippen LogP contribution is -2.35. The first-order valence-electron chi connectivity index (χ1n) is 6.87. The van der Waals surface area contributed by atoms with E-state index in [4.69, 9.17) is 0 Å². The van der Waals surface area contributed by atoms with E-state index in [0.29, 0.717) is 24.0 Å². The number of benzene rings is 1. The van der Waals surface area contributed by atoms with Crippen molar-refractivity contribution < 1.29 is 8.42 Å². The van der Waals surface area contributed by atoms with Gasteiger partial charge in [-0.05, 0) is 51.0 Å². The standard InChI is InChI=1S/C14H22N2O2S/c1-12(2)15-13-6-8-14(9-7-13)19(17,18)16-10-4-3-5-11-16/h6-9,12,15H,3-5,10-11H2,1-2H3. The summed E-state index contributed by atoms with van der Waals surface area (Å²) in [5.74, 6) is 0. The lowest BCUT2D eigenvalue weighted by atomic mass is 10.2. The lowest BCUT2D eigenvalue weighted by Gasteiger charge is -2.26. The largest absolute Gasteiger partial charge is 0.383 e. The highest BCUT2D eigenvalue weighted by Gasteiger charge is 2.25. The van der Waals surface area contributed by atoms with Crippen molar-refractivity contribution in [1.82, 2.24) is 4.31 Å². The van der Waals surface area contributed by atoms with E-state index in [0.717, 1.165) is 24.9 Å². The molecule has 4 nitrogen and oxygen atoms in total. The zero-order valence-corrected chi connectivity index (χ0v) is 12.4. The van der Waals surface area contributed by atoms with Gasteiger partial charge in [0.05, 0.1) is 4.90 Å². The Hall–Kier alpha value is -1.07. The SMILES string of the molecule is CC(C)Nc1ccc(S(=O)(=O)N2CCCCC2)cc1. The average molecular weight is 282 g/mol. The highest BCUT2D eigenvalue weighted by molar-refractivity contribution is 7.89. The molecule has 1 saturated heterocycles. The van der Waals surface area contributed by atoms with Gasteiger partial charge in [0.2, 0.25) is 10.0 Å². The maximum absolute atomic E-state index is 12.4. The van der Waals surface area contributed by atoms with Crippen molar-refractivity contribution in [3.05, 3.63) is 24.3 Å². The summed E-state index contributed by atoms with van der Waals surface area (Å²) in [5, 5.41) is 3.25. The lowest BCUT2D eigenvalue weighted by molar-refractivity contribution is 0.346. The van der Waals surface area contributed by atoms with Gasteiger partial charge < -0.3 is 5.32 Å². The summed E-state index contributed by atoms with van der Waals surface area (Å²) >= 11 is 0. The van der Waals surface area contributed by atoms with Gasteiger partial charge in [0.1, 0.15) is 0 Å². The molecule has 5 heteroatoms. The zero-order valence-electron chi connectivity index (χ0n) is 11.6. The van der Waals surface area contributed by atoms with Crippen LogP contribution in [0.25, 0.3) is 0 Å². The molecule has 1 heterocycles. The Balaban J connectivity index is 2.16. The minimum atomic E-state index is -3.30. The van der Waals surface area contributed by atoms with Gasteiger partial charge in [-0.3, -0.25) is 0 Å². The molecule has 0 radical (unpaired) electrons. The van der Waals surface area contributed by atoms with Crippen molar-refractivity contribution in [1.29, 1.82) is 0 Å². The summed E-state index contributed by atoms with van der Waals surface area (Å²) in [6.07, 6.45) is 3.06. The molecule has 0 unspecified atom stereocenters. The highest BCUT2D eigenvalue weighted by Crippen LogP contribution is 2.22. The van der Waals surface area contributed by atoms with Crippen LogP contribution >= 0.6 is 0 Å². The summed E-state index contributed by atoms with van der Waals surface area (Å²) in [6, 6.07) is 7.38. The van der Waals surface area contributed by atoms with Crippen LogP contribution in [0.1, 0.15) is 33.1 Å². The van der Waals surface area contributed by atoms with E-state index in [9.17, 15) is 8.42 Å². The molecule has 1 aliphatic heterocycles. The third kappa shape index (κ3) is 3.48. The van der Waals surface area contributed by atoms with Gasteiger partial charge in [-0.15, -0.1) is 0 Å². The Labute approximate surface area is 115 Å². The average Bonchev–Trinajstić information content (AvgIpc) is 2.40. The molecule has 0 aromatic heterocycles. The molecule has 1 aromatic carbocycles. The maximum Gasteiger partial charge on any atom is 0.243 e. The van der Waals surface area contributed by atoms with Gasteiger partial charge in [0.15, 0.2) is 0 Å². The van der Waals surface area contributed by atoms with E-state index in [1.165, 1.54) is 0 Å². The van der Waals surface area contributed by atoms with E-state index in [-0.39, 0.29) is 0 Å². The van der Waals surface area contributed by atoms with Crippen LogP contribution in [0.5, 0.6) is 0 Å². The first kappa shape index (κ1) is 14.3. The third-order valence-corrected chi connectivity index (χ3v) is 5.18. The van der Waals surface area contributed by atoms with Crippen molar-refractivity contribution in [2.24, 2.45) is 0 Å². The fraction of sp³-hybridized carbons (Fsp3) is 0.571. The van der Waals surface area contributed by atoms with Crippen LogP contribution in [0.2, 0.25) is 0 Å². The maximum atomic E-state index is 12.4. The number of rotatable bonds is 4. The van der Waals surface area contributed by atoms with Gasteiger partial charge in [0.25, 0.3) is 0 Å². The first-order valence-corrected chi connectivity index (χ1v) is 8.31. The monoisotopic (exact) mass is 282 g/mol. The van der Waals surface area contributed by atoms with E-state index < -0.39 is 10.0 Å². The summed E-state index contributed by atoms with van der Waals surface area (Å²) in [4.78, 5) is 0.392. The van der Waals surface area contributed by atoms with Crippen molar-refractivity contribution in [2.75, 3.05) is 18.4 Å². The normalized spacial score (nSPS) is 17.6. The van der Waals surface area contributed by atoms with Crippen molar-refractivity contribution >= 4 is 15.7 Å². The van der Waals surface area contributed by atoms with Crippen molar-refractivity contribution in [3.8, 4) is 0 Å². The molecule has 106 valence electrons. The number of hydrogen-bond donors (Lipinski definition) is 1. The number of nitrogens with one attached hydrogen (secondary N) is 1. The first-order chi connectivity index (χ1) is 9.00. The van der Waals surface area contributed by atoms with Gasteiger partial charge in [-0.1, -0.05) is 6.42 Å². The molecule has 0 atom stereocenters. The van der Waals surface area contributed by atoms with Crippen molar-refractivity contribution in [3.63, 3.8) is 0 Å². The molecule has 0 saturated carbocycles. The summed E-state index contributed by atoms with van der Waals surface area (Å²) in [6.45, 7) is 5.40. The Kier molecular flexibility index (Phi) is 4.47. The van der Waals surface area contributed by atoms with Gasteiger partial charge in [-0.2, -0.15) is 4.31 Å². The molecule has 1 aromatic rings. The minimum absolute atomic E-state index is 0.338. The Morgan fingerprint density at radius 3 is 2.16 bits per heavy atom. The number of sulfonamides is 1. The molecule has 0 bridgehead atoms. The molecular formula is C14H22N2O2S. The van der Waals surface area contributed by atoms with Crippen LogP contribution < -0.4 is 5.32 Å². The fourth-order valence-electron chi connectivity index (χ4n) is 2.31. The third-order valence-electron chi connectivity index (χ3n) is 3.26. The van der Waals surface area contributed by atoms with E-state index in [1.807, 2.05) is 12.1 Å². The van der Waals surface area contributed by atoms with Crippen LogP contribution in [0.4, 0.5) is 5.69 Å². The summed E-state index contributed by atoms with van der Waals surface area (Å²) in [7, 11) is -3.30. The Morgan fingerprint density at radius 2 is 1.63 bits per heavy atom. The summed E-state index contributed by atoms with van der Waals surface area (Å²) in [5.41, 5.74) is 0.951. The number of piperidine rings is 1. The van der Waals surface area contributed by atoms with E-state index in [2.05, 4.69) is 19.2 Å². The van der Waals surface area contributed by atoms with Gasteiger partial charge >= 0.3 is 0 Å². The smallest absolute Gasteiger partial charge is 0.243 e. The molecule has 2 rings (SSSR count). The fourth-order valence-corrected chi connectivity index (χ4v) is 3.83. The number of hydrogen-bond acceptors (Lipinski definition) is 3. The van der Waals surface area contributed by atoms with Crippen molar-refractivity contribution in [2.45, 2.75) is 44.0 Å². The Bertz CT molecular complexity index is 503. The summed E-state index contributed by atoms with van der Waals surface area (Å²) < 4.78 is 26.5. The Morgan fingerprint density at radius 1 is 1.05 bits per heavy atom. The molecular weight excluding hydrogens is 260 g/mol. The molecule has 0 spiro atoms. The highest BCUT2D eigenvalue weighted by atomic mass is 32.2. The van der Waals surface area contributed by atoms with Crippen LogP contribution in [0.3, 0.4) is 0 Å². The number of nitrogens with zero attached hydrogens (tertiary/aromatic N) is 1. The van der Waals surface area contributed by atoms with Gasteiger partial charge in [-0.25, -0.2) is 8.42 Å². The van der Waals surface area contributed by atoms with Crippen LogP contribution in [0.15, 0.2) is 29.2 Å². The molecule has 19 heavy (non-hydrogen) atoms. The second-order valence-electron chi connectivity index (χ2n) is 5.29. The van der Waals surface area contributed by atoms with E-state index >= 15 is 0 Å². The number of anilines is 1. The topological polar surface area (TPSA) is 49.4 Å².